The van der Waals surface area contributed by atoms with E-state index in [-0.39, 0.29) is 0 Å². The molecule has 0 bridgehead atoms. The van der Waals surface area contributed by atoms with Crippen molar-refractivity contribution < 1.29 is 4.74 Å². The van der Waals surface area contributed by atoms with E-state index in [0.29, 0.717) is 18.7 Å². The molecule has 0 aromatic carbocycles. The summed E-state index contributed by atoms with van der Waals surface area (Å²) in [5.41, 5.74) is 0.983. The van der Waals surface area contributed by atoms with E-state index in [1.165, 1.54) is 0 Å². The third-order valence-corrected chi connectivity index (χ3v) is 4.45. The molecule has 124 valence electrons. The lowest BCUT2D eigenvalue weighted by Crippen LogP contribution is -2.40. The highest BCUT2D eigenvalue weighted by atomic mass is 16.5. The van der Waals surface area contributed by atoms with Crippen LogP contribution in [0.3, 0.4) is 0 Å². The van der Waals surface area contributed by atoms with Crippen LogP contribution in [0.25, 0.3) is 0 Å². The number of rotatable bonds is 4. The SMILES string of the molecule is Cc1ccc(OCc2nnc3n2CCN(C(C)C)[C@@H](C)C3)cn1. The predicted molar refractivity (Wildman–Crippen MR) is 88.3 cm³/mol. The van der Waals surface area contributed by atoms with E-state index in [2.05, 4.69) is 45.4 Å². The standard InChI is InChI=1S/C17H25N5O/c1-12(2)21-7-8-22-16(9-14(21)4)19-20-17(22)11-23-15-6-5-13(3)18-10-15/h5-6,10,12,14H,7-9,11H2,1-4H3/t14-/m0/s1. The average molecular weight is 315 g/mol. The number of pyridine rings is 1. The van der Waals surface area contributed by atoms with Gasteiger partial charge in [0.15, 0.2) is 5.82 Å². The van der Waals surface area contributed by atoms with E-state index in [9.17, 15) is 0 Å². The Labute approximate surface area is 137 Å². The maximum absolute atomic E-state index is 5.81. The van der Waals surface area contributed by atoms with Gasteiger partial charge in [0, 0.05) is 37.3 Å². The summed E-state index contributed by atoms with van der Waals surface area (Å²) in [5, 5.41) is 8.70. The summed E-state index contributed by atoms with van der Waals surface area (Å²) >= 11 is 0. The van der Waals surface area contributed by atoms with Crippen LogP contribution in [-0.2, 0) is 19.6 Å². The zero-order valence-corrected chi connectivity index (χ0v) is 14.4. The molecule has 3 heterocycles. The molecular weight excluding hydrogens is 290 g/mol. The van der Waals surface area contributed by atoms with Crippen LogP contribution in [0.1, 0.15) is 38.1 Å². The number of hydrogen-bond acceptors (Lipinski definition) is 5. The van der Waals surface area contributed by atoms with E-state index in [1.807, 2.05) is 19.1 Å². The van der Waals surface area contributed by atoms with Crippen LogP contribution in [0, 0.1) is 6.92 Å². The lowest BCUT2D eigenvalue weighted by Gasteiger charge is -2.30. The van der Waals surface area contributed by atoms with Crippen LogP contribution < -0.4 is 4.74 Å². The zero-order chi connectivity index (χ0) is 16.4. The summed E-state index contributed by atoms with van der Waals surface area (Å²) in [6, 6.07) is 4.91. The monoisotopic (exact) mass is 315 g/mol. The average Bonchev–Trinajstić information content (AvgIpc) is 2.80. The first-order valence-electron chi connectivity index (χ1n) is 8.26. The smallest absolute Gasteiger partial charge is 0.171 e. The fourth-order valence-electron chi connectivity index (χ4n) is 3.16. The van der Waals surface area contributed by atoms with Gasteiger partial charge >= 0.3 is 0 Å². The number of hydrogen-bond donors (Lipinski definition) is 0. The van der Waals surface area contributed by atoms with Gasteiger partial charge in [0.05, 0.1) is 6.20 Å². The van der Waals surface area contributed by atoms with Gasteiger partial charge in [0.2, 0.25) is 0 Å². The quantitative estimate of drug-likeness (QED) is 0.866. The van der Waals surface area contributed by atoms with Crippen LogP contribution in [0.2, 0.25) is 0 Å². The van der Waals surface area contributed by atoms with Gasteiger partial charge in [-0.2, -0.15) is 0 Å². The van der Waals surface area contributed by atoms with Gasteiger partial charge in [-0.05, 0) is 39.8 Å². The Kier molecular flexibility index (Phi) is 4.61. The minimum absolute atomic E-state index is 0.424. The van der Waals surface area contributed by atoms with Crippen LogP contribution in [0.5, 0.6) is 5.75 Å². The number of nitrogens with zero attached hydrogens (tertiary/aromatic N) is 5. The van der Waals surface area contributed by atoms with E-state index >= 15 is 0 Å². The second kappa shape index (κ2) is 6.66. The number of ether oxygens (including phenoxy) is 1. The van der Waals surface area contributed by atoms with Gasteiger partial charge in [-0.15, -0.1) is 10.2 Å². The van der Waals surface area contributed by atoms with Crippen molar-refractivity contribution in [1.82, 2.24) is 24.6 Å². The summed E-state index contributed by atoms with van der Waals surface area (Å²) < 4.78 is 8.02. The molecule has 23 heavy (non-hydrogen) atoms. The molecule has 0 unspecified atom stereocenters. The molecular formula is C17H25N5O. The Morgan fingerprint density at radius 1 is 1.26 bits per heavy atom. The first-order chi connectivity index (χ1) is 11.0. The van der Waals surface area contributed by atoms with Gasteiger partial charge in [0.25, 0.3) is 0 Å². The van der Waals surface area contributed by atoms with Crippen LogP contribution in [-0.4, -0.2) is 43.3 Å². The molecule has 0 radical (unpaired) electrons. The highest BCUT2D eigenvalue weighted by molar-refractivity contribution is 5.19. The molecule has 1 aliphatic heterocycles. The van der Waals surface area contributed by atoms with Crippen molar-refractivity contribution in [3.63, 3.8) is 0 Å². The molecule has 0 saturated heterocycles. The third-order valence-electron chi connectivity index (χ3n) is 4.45. The Morgan fingerprint density at radius 3 is 2.78 bits per heavy atom. The lowest BCUT2D eigenvalue weighted by atomic mass is 10.1. The van der Waals surface area contributed by atoms with Gasteiger partial charge in [0.1, 0.15) is 18.2 Å². The Balaban J connectivity index is 1.71. The minimum atomic E-state index is 0.424. The van der Waals surface area contributed by atoms with E-state index in [0.717, 1.165) is 42.6 Å². The first kappa shape index (κ1) is 15.9. The van der Waals surface area contributed by atoms with Crippen molar-refractivity contribution in [3.05, 3.63) is 35.7 Å². The van der Waals surface area contributed by atoms with Crippen LogP contribution in [0.4, 0.5) is 0 Å². The van der Waals surface area contributed by atoms with Gasteiger partial charge in [-0.3, -0.25) is 9.88 Å². The molecule has 2 aromatic rings. The van der Waals surface area contributed by atoms with Crippen LogP contribution >= 0.6 is 0 Å². The van der Waals surface area contributed by atoms with Crippen molar-refractivity contribution in [2.45, 2.75) is 59.4 Å². The molecule has 1 atom stereocenters. The Morgan fingerprint density at radius 2 is 2.09 bits per heavy atom. The predicted octanol–water partition coefficient (Wildman–Crippen LogP) is 2.22. The molecule has 0 aliphatic carbocycles. The topological polar surface area (TPSA) is 56.1 Å². The van der Waals surface area contributed by atoms with Crippen LogP contribution in [0.15, 0.2) is 18.3 Å². The van der Waals surface area contributed by atoms with Gasteiger partial charge < -0.3 is 9.30 Å². The molecule has 0 fully saturated rings. The zero-order valence-electron chi connectivity index (χ0n) is 14.4. The number of fused-ring (bicyclic) bond motifs is 1. The normalized spacial score (nSPS) is 18.7. The molecule has 1 aliphatic rings. The van der Waals surface area contributed by atoms with Crippen molar-refractivity contribution in [2.75, 3.05) is 6.54 Å². The van der Waals surface area contributed by atoms with Crippen molar-refractivity contribution in [2.24, 2.45) is 0 Å². The molecule has 0 saturated carbocycles. The molecule has 6 nitrogen and oxygen atoms in total. The molecule has 2 aromatic heterocycles. The fraction of sp³-hybridized carbons (Fsp3) is 0.588. The highest BCUT2D eigenvalue weighted by Gasteiger charge is 2.25. The second-order valence-corrected chi connectivity index (χ2v) is 6.49. The van der Waals surface area contributed by atoms with Gasteiger partial charge in [-0.25, -0.2) is 0 Å². The van der Waals surface area contributed by atoms with Gasteiger partial charge in [-0.1, -0.05) is 0 Å². The highest BCUT2D eigenvalue weighted by Crippen LogP contribution is 2.18. The largest absolute Gasteiger partial charge is 0.484 e. The third kappa shape index (κ3) is 3.52. The van der Waals surface area contributed by atoms with Crippen molar-refractivity contribution in [3.8, 4) is 5.75 Å². The first-order valence-corrected chi connectivity index (χ1v) is 8.26. The molecule has 6 heteroatoms. The van der Waals surface area contributed by atoms with E-state index in [1.54, 1.807) is 6.20 Å². The second-order valence-electron chi connectivity index (χ2n) is 6.49. The number of aryl methyl sites for hydroxylation is 1. The number of aromatic nitrogens is 4. The van der Waals surface area contributed by atoms with E-state index < -0.39 is 0 Å². The molecule has 0 amide bonds. The maximum Gasteiger partial charge on any atom is 0.171 e. The Bertz CT molecular complexity index is 650. The fourth-order valence-corrected chi connectivity index (χ4v) is 3.16. The minimum Gasteiger partial charge on any atom is -0.484 e. The summed E-state index contributed by atoms with van der Waals surface area (Å²) in [6.45, 7) is 11.1. The maximum atomic E-state index is 5.81. The van der Waals surface area contributed by atoms with Crippen molar-refractivity contribution in [1.29, 1.82) is 0 Å². The molecule has 3 rings (SSSR count). The molecule has 0 N–H and O–H groups in total. The summed E-state index contributed by atoms with van der Waals surface area (Å²) in [7, 11) is 0. The molecule has 0 spiro atoms. The van der Waals surface area contributed by atoms with E-state index in [4.69, 9.17) is 4.74 Å². The summed E-state index contributed by atoms with van der Waals surface area (Å²) in [5.74, 6) is 2.71. The lowest BCUT2D eigenvalue weighted by molar-refractivity contribution is 0.165. The van der Waals surface area contributed by atoms with Crippen molar-refractivity contribution >= 4 is 0 Å². The Hall–Kier alpha value is -1.95. The summed E-state index contributed by atoms with van der Waals surface area (Å²) in [6.07, 6.45) is 2.68. The summed E-state index contributed by atoms with van der Waals surface area (Å²) in [4.78, 5) is 6.76.